The summed E-state index contributed by atoms with van der Waals surface area (Å²) in [6.45, 7) is 6.87. The highest BCUT2D eigenvalue weighted by molar-refractivity contribution is 8.76. The first-order valence-corrected chi connectivity index (χ1v) is 25.0. The van der Waals surface area contributed by atoms with Crippen LogP contribution in [0.5, 0.6) is 5.75 Å². The number of aliphatic hydroxyl groups is 1. The normalized spacial score (nSPS) is 21.4. The zero-order valence-electron chi connectivity index (χ0n) is 39.0. The molecular weight excluding hydrogens is 927 g/mol. The van der Waals surface area contributed by atoms with Gasteiger partial charge in [0.25, 0.3) is 0 Å². The van der Waals surface area contributed by atoms with Crippen LogP contribution in [0.15, 0.2) is 24.3 Å². The van der Waals surface area contributed by atoms with E-state index >= 15 is 0 Å². The van der Waals surface area contributed by atoms with Gasteiger partial charge in [-0.15, -0.1) is 0 Å². The average Bonchev–Trinajstić information content (AvgIpc) is 3.28. The van der Waals surface area contributed by atoms with Crippen molar-refractivity contribution in [2.24, 2.45) is 23.1 Å². The van der Waals surface area contributed by atoms with Gasteiger partial charge in [-0.1, -0.05) is 54.0 Å². The van der Waals surface area contributed by atoms with Gasteiger partial charge in [0.1, 0.15) is 42.0 Å². The lowest BCUT2D eigenvalue weighted by Gasteiger charge is -2.30. The summed E-state index contributed by atoms with van der Waals surface area (Å²) in [5.74, 6) is -7.34. The maximum Gasteiger partial charge on any atom is 0.245 e. The van der Waals surface area contributed by atoms with E-state index in [1.54, 1.807) is 38.1 Å². The van der Waals surface area contributed by atoms with Crippen LogP contribution >= 0.6 is 21.6 Å². The summed E-state index contributed by atoms with van der Waals surface area (Å²) in [4.78, 5) is 131. The van der Waals surface area contributed by atoms with E-state index in [9.17, 15) is 53.1 Å². The van der Waals surface area contributed by atoms with Gasteiger partial charge < -0.3 is 69.6 Å². The molecule has 1 aliphatic rings. The van der Waals surface area contributed by atoms with Crippen LogP contribution in [-0.4, -0.2) is 144 Å². The summed E-state index contributed by atoms with van der Waals surface area (Å²) in [5, 5.41) is 31.2. The Bertz CT molecular complexity index is 1880. The number of rotatable bonds is 22. The molecule has 1 heterocycles. The molecule has 2 rings (SSSR count). The second kappa shape index (κ2) is 31.4. The highest BCUT2D eigenvalue weighted by Crippen LogP contribution is 2.23. The van der Waals surface area contributed by atoms with E-state index in [2.05, 4.69) is 42.5 Å². The van der Waals surface area contributed by atoms with Crippen molar-refractivity contribution in [1.29, 1.82) is 0 Å². The molecule has 1 aromatic rings. The number of amides is 10. The summed E-state index contributed by atoms with van der Waals surface area (Å²) in [6.07, 6.45) is -0.727. The molecule has 1 aliphatic heterocycles. The molecule has 0 bridgehead atoms. The Morgan fingerprint density at radius 2 is 1.47 bits per heavy atom. The summed E-state index contributed by atoms with van der Waals surface area (Å²) < 4.78 is 5.53. The highest BCUT2D eigenvalue weighted by atomic mass is 33.1. The topological polar surface area (TPSA) is 374 Å². The van der Waals surface area contributed by atoms with E-state index < -0.39 is 120 Å². The molecule has 15 N–H and O–H groups in total. The quantitative estimate of drug-likeness (QED) is 0.0414. The van der Waals surface area contributed by atoms with Gasteiger partial charge >= 0.3 is 0 Å². The van der Waals surface area contributed by atoms with Crippen molar-refractivity contribution in [1.82, 2.24) is 42.5 Å². The second-order valence-electron chi connectivity index (χ2n) is 16.1. The van der Waals surface area contributed by atoms with Crippen molar-refractivity contribution in [3.63, 3.8) is 0 Å². The Morgan fingerprint density at radius 3 is 2.09 bits per heavy atom. The maximum absolute atomic E-state index is 14.0. The fraction of sp³-hybridized carbons (Fsp3) is 0.628. The largest absolute Gasteiger partial charge is 0.494 e. The third kappa shape index (κ3) is 22.0. The predicted molar refractivity (Wildman–Crippen MR) is 255 cm³/mol. The zero-order valence-corrected chi connectivity index (χ0v) is 40.7. The van der Waals surface area contributed by atoms with Crippen LogP contribution in [0.4, 0.5) is 0 Å². The monoisotopic (exact) mass is 995 g/mol. The van der Waals surface area contributed by atoms with Gasteiger partial charge in [-0.2, -0.15) is 0 Å². The standard InChI is InChI=1S/C43H69N11O12S2/c1-5-24(3)36-42(64)54-37(25(4)55)43(65)51-30(21-32(45)56)40(62)52-31(39(61)47-18-8-7-11-34(58)49-28(10-9-17-44)38(60)48-22-33(46)57)23-68-67-19-16-35(59)50-29(41(63)53-36)20-26-12-14-27(15-13-26)66-6-2/h12-15,24-25,28-31,36-37,55H,5-11,16-23,44H2,1-4H3,(H2,45,56)(H2,46,57)(H,47,61)(H,48,60)(H,49,58)(H,50,59)(H,51,65)(H,52,62)(H,53,63)(H,54,64)/t24-,25+,28-,29+,30-,31-,36-,37-/m0/s1. The zero-order chi connectivity index (χ0) is 50.8. The second-order valence-corrected chi connectivity index (χ2v) is 18.8. The van der Waals surface area contributed by atoms with Crippen LogP contribution in [0.2, 0.25) is 0 Å². The Kier molecular flexibility index (Phi) is 27.0. The molecule has 1 fully saturated rings. The van der Waals surface area contributed by atoms with Gasteiger partial charge in [-0.05, 0) is 69.7 Å². The van der Waals surface area contributed by atoms with Crippen molar-refractivity contribution in [3.8, 4) is 5.75 Å². The Balaban J connectivity index is 2.33. The van der Waals surface area contributed by atoms with Gasteiger partial charge in [-0.3, -0.25) is 47.9 Å². The van der Waals surface area contributed by atoms with Crippen molar-refractivity contribution >= 4 is 80.7 Å². The van der Waals surface area contributed by atoms with Crippen LogP contribution in [-0.2, 0) is 54.4 Å². The predicted octanol–water partition coefficient (Wildman–Crippen LogP) is -2.75. The number of nitrogens with one attached hydrogen (secondary N) is 8. The minimum atomic E-state index is -1.71. The first-order chi connectivity index (χ1) is 32.3. The van der Waals surface area contributed by atoms with Crippen LogP contribution in [0, 0.1) is 5.92 Å². The summed E-state index contributed by atoms with van der Waals surface area (Å²) in [7, 11) is 2.33. The van der Waals surface area contributed by atoms with Crippen molar-refractivity contribution < 1.29 is 57.8 Å². The summed E-state index contributed by atoms with van der Waals surface area (Å²) in [6, 6.07) is -1.05. The minimum absolute atomic E-state index is 0.0218. The summed E-state index contributed by atoms with van der Waals surface area (Å²) in [5.41, 5.74) is 16.8. The number of carbonyl (C=O) groups excluding carboxylic acids is 10. The van der Waals surface area contributed by atoms with E-state index in [4.69, 9.17) is 21.9 Å². The smallest absolute Gasteiger partial charge is 0.245 e. The Morgan fingerprint density at radius 1 is 0.809 bits per heavy atom. The van der Waals surface area contributed by atoms with Gasteiger partial charge in [0, 0.05) is 37.3 Å². The Labute approximate surface area is 404 Å². The Hall–Kier alpha value is -5.66. The molecule has 1 saturated heterocycles. The SMILES string of the molecule is CCOc1ccc(C[C@H]2NC(=O)CCSSC[C@@H](C(=O)NCCCCC(=O)N[C@@H](CCCN)C(=O)NCC(N)=O)NC(=O)[C@H](CC(N)=O)NC(=O)[C@H]([C@@H](C)O)NC(=O)[C@H]([C@@H](C)CC)NC2=O)cc1. The van der Waals surface area contributed by atoms with E-state index in [1.165, 1.54) is 17.7 Å². The third-order valence-corrected chi connectivity index (χ3v) is 12.9. The number of benzene rings is 1. The molecule has 0 aromatic heterocycles. The van der Waals surface area contributed by atoms with Crippen LogP contribution < -0.4 is 64.5 Å². The number of ether oxygens (including phenoxy) is 1. The van der Waals surface area contributed by atoms with E-state index in [1.807, 2.05) is 6.92 Å². The number of hydrogen-bond acceptors (Lipinski definition) is 15. The van der Waals surface area contributed by atoms with E-state index in [0.717, 1.165) is 10.8 Å². The molecule has 23 nitrogen and oxygen atoms in total. The lowest BCUT2D eigenvalue weighted by molar-refractivity contribution is -0.137. The fourth-order valence-corrected chi connectivity index (χ4v) is 8.69. The molecule has 25 heteroatoms. The van der Waals surface area contributed by atoms with Crippen molar-refractivity contribution in [2.45, 2.75) is 128 Å². The number of primary amides is 2. The molecule has 1 aromatic carbocycles. The van der Waals surface area contributed by atoms with Crippen molar-refractivity contribution in [2.75, 3.05) is 37.7 Å². The van der Waals surface area contributed by atoms with Gasteiger partial charge in [0.15, 0.2) is 0 Å². The lowest BCUT2D eigenvalue weighted by Crippen LogP contribution is -2.62. The number of carbonyl (C=O) groups is 10. The molecule has 8 atom stereocenters. The molecule has 10 amide bonds. The maximum atomic E-state index is 14.0. The fourth-order valence-electron chi connectivity index (χ4n) is 6.54. The van der Waals surface area contributed by atoms with Crippen LogP contribution in [0.3, 0.4) is 0 Å². The molecule has 0 radical (unpaired) electrons. The molecule has 0 spiro atoms. The van der Waals surface area contributed by atoms with Crippen LogP contribution in [0.1, 0.15) is 84.6 Å². The molecule has 0 saturated carbocycles. The molecular formula is C43H69N11O12S2. The average molecular weight is 996 g/mol. The molecule has 68 heavy (non-hydrogen) atoms. The molecule has 380 valence electrons. The van der Waals surface area contributed by atoms with Crippen molar-refractivity contribution in [3.05, 3.63) is 29.8 Å². The van der Waals surface area contributed by atoms with Gasteiger partial charge in [-0.25, -0.2) is 0 Å². The number of unbranched alkanes of at least 4 members (excludes halogenated alkanes) is 1. The molecule has 0 aliphatic carbocycles. The third-order valence-electron chi connectivity index (χ3n) is 10.5. The first-order valence-electron chi connectivity index (χ1n) is 22.6. The first kappa shape index (κ1) is 58.5. The number of hydrogen-bond donors (Lipinski definition) is 12. The molecule has 0 unspecified atom stereocenters. The number of aliphatic hydroxyl groups excluding tert-OH is 1. The minimum Gasteiger partial charge on any atom is -0.494 e. The lowest BCUT2D eigenvalue weighted by atomic mass is 9.96. The highest BCUT2D eigenvalue weighted by Gasteiger charge is 2.36. The summed E-state index contributed by atoms with van der Waals surface area (Å²) >= 11 is 0. The van der Waals surface area contributed by atoms with Crippen LogP contribution in [0.25, 0.3) is 0 Å². The van der Waals surface area contributed by atoms with Gasteiger partial charge in [0.05, 0.1) is 25.7 Å². The van der Waals surface area contributed by atoms with Gasteiger partial charge in [0.2, 0.25) is 59.1 Å². The number of nitrogens with two attached hydrogens (primary N) is 3. The van der Waals surface area contributed by atoms with E-state index in [-0.39, 0.29) is 56.7 Å². The van der Waals surface area contributed by atoms with E-state index in [0.29, 0.717) is 37.2 Å².